The monoisotopic (exact) mass is 550 g/mol. The molecule has 1 aromatic heterocycles. The summed E-state index contributed by atoms with van der Waals surface area (Å²) in [6.07, 6.45) is -3.03. The number of aromatic nitrogens is 1. The lowest BCUT2D eigenvalue weighted by Crippen LogP contribution is -2.29. The largest absolute Gasteiger partial charge is 0.475 e. The Labute approximate surface area is 203 Å². The molecule has 0 spiro atoms. The maximum Gasteiger partial charge on any atom is 0.433 e. The van der Waals surface area contributed by atoms with E-state index >= 15 is 0 Å². The predicted octanol–water partition coefficient (Wildman–Crippen LogP) is 2.79. The van der Waals surface area contributed by atoms with Gasteiger partial charge in [0.1, 0.15) is 23.3 Å². The van der Waals surface area contributed by atoms with Gasteiger partial charge >= 0.3 is 6.18 Å². The van der Waals surface area contributed by atoms with Crippen molar-refractivity contribution in [1.29, 1.82) is 5.26 Å². The Bertz CT molecular complexity index is 1460. The van der Waals surface area contributed by atoms with E-state index in [1.165, 1.54) is 19.9 Å². The van der Waals surface area contributed by atoms with Gasteiger partial charge in [-0.15, -0.1) is 0 Å². The number of hydrogen-bond acceptors (Lipinski definition) is 8. The molecule has 0 atom stereocenters. The molecule has 0 unspecified atom stereocenters. The van der Waals surface area contributed by atoms with Crippen LogP contribution in [0.1, 0.15) is 30.7 Å². The van der Waals surface area contributed by atoms with Crippen molar-refractivity contribution >= 4 is 37.7 Å². The first-order valence-corrected chi connectivity index (χ1v) is 13.0. The van der Waals surface area contributed by atoms with Gasteiger partial charge in [-0.25, -0.2) is 30.9 Å². The van der Waals surface area contributed by atoms with E-state index in [9.17, 15) is 39.2 Å². The van der Waals surface area contributed by atoms with E-state index in [0.29, 0.717) is 30.5 Å². The van der Waals surface area contributed by atoms with Crippen LogP contribution in [0.25, 0.3) is 6.08 Å². The summed E-state index contributed by atoms with van der Waals surface area (Å²) >= 11 is 0. The number of ether oxygens (including phenoxy) is 1. The van der Waals surface area contributed by atoms with Gasteiger partial charge < -0.3 is 4.74 Å². The quantitative estimate of drug-likeness (QED) is 0.376. The minimum absolute atomic E-state index is 0.0711. The van der Waals surface area contributed by atoms with Gasteiger partial charge in [-0.3, -0.25) is 9.52 Å². The number of carbonyl (C=O) groups excluding carboxylic acids is 1. The number of amides is 1. The van der Waals surface area contributed by atoms with Gasteiger partial charge in [-0.05, 0) is 44.2 Å². The van der Waals surface area contributed by atoms with Crippen LogP contribution in [0.5, 0.6) is 5.88 Å². The van der Waals surface area contributed by atoms with Gasteiger partial charge in [-0.1, -0.05) is 0 Å². The molecule has 0 radical (unpaired) electrons. The molecule has 0 aliphatic heterocycles. The molecular formula is C20H18F4N4O6S2. The topological polar surface area (TPSA) is 155 Å². The fourth-order valence-corrected chi connectivity index (χ4v) is 4.12. The first kappa shape index (κ1) is 28.5. The molecule has 1 heterocycles. The number of hydrogen-bond donors (Lipinski definition) is 2. The Kier molecular flexibility index (Phi) is 8.32. The maximum atomic E-state index is 14.4. The molecule has 0 saturated heterocycles. The van der Waals surface area contributed by atoms with Crippen LogP contribution in [0, 0.1) is 17.1 Å². The Hall–Kier alpha value is -3.71. The minimum atomic E-state index is -4.76. The second-order valence-corrected chi connectivity index (χ2v) is 10.8. The summed E-state index contributed by atoms with van der Waals surface area (Å²) < 4.78 is 109. The van der Waals surface area contributed by atoms with Crippen LogP contribution in [0.15, 0.2) is 35.2 Å². The van der Waals surface area contributed by atoms with Crippen molar-refractivity contribution in [2.45, 2.75) is 31.0 Å². The van der Waals surface area contributed by atoms with Crippen molar-refractivity contribution in [3.05, 3.63) is 53.0 Å². The molecule has 10 nitrogen and oxygen atoms in total. The van der Waals surface area contributed by atoms with Gasteiger partial charge in [0.15, 0.2) is 0 Å². The second-order valence-electron chi connectivity index (χ2n) is 7.37. The van der Waals surface area contributed by atoms with E-state index in [1.807, 2.05) is 0 Å². The van der Waals surface area contributed by atoms with Crippen LogP contribution in [0.2, 0.25) is 0 Å². The molecule has 0 aliphatic carbocycles. The second kappa shape index (κ2) is 10.5. The molecule has 0 aliphatic rings. The number of nitriles is 1. The fourth-order valence-electron chi connectivity index (χ4n) is 2.56. The standard InChI is InChI=1S/C20H18F4N4O6S2/c1-11(2)34-19-12(4-6-16(26-19)20(22,23)24)5-7-17(29)27-36(32,33)14-8-13(10-25)18(15(21)9-14)28-35(3,30)31/h4-9,11,28H,1-3H3,(H,27,29). The van der Waals surface area contributed by atoms with Gasteiger partial charge in [0, 0.05) is 11.6 Å². The van der Waals surface area contributed by atoms with Crippen molar-refractivity contribution in [3.8, 4) is 11.9 Å². The molecule has 194 valence electrons. The van der Waals surface area contributed by atoms with Gasteiger partial charge in [0.25, 0.3) is 15.9 Å². The van der Waals surface area contributed by atoms with Crippen molar-refractivity contribution in [3.63, 3.8) is 0 Å². The molecule has 36 heavy (non-hydrogen) atoms. The summed E-state index contributed by atoms with van der Waals surface area (Å²) in [6.45, 7) is 3.06. The van der Waals surface area contributed by atoms with Crippen LogP contribution in [0.4, 0.5) is 23.2 Å². The van der Waals surface area contributed by atoms with Gasteiger partial charge in [0.05, 0.1) is 22.8 Å². The van der Waals surface area contributed by atoms with Crippen LogP contribution in [0.3, 0.4) is 0 Å². The summed E-state index contributed by atoms with van der Waals surface area (Å²) in [5, 5.41) is 9.15. The Morgan fingerprint density at radius 2 is 1.83 bits per heavy atom. The number of nitrogens with zero attached hydrogens (tertiary/aromatic N) is 2. The minimum Gasteiger partial charge on any atom is -0.475 e. The summed E-state index contributed by atoms with van der Waals surface area (Å²) in [5.41, 5.74) is -2.77. The Balaban J connectivity index is 2.34. The molecule has 0 bridgehead atoms. The normalized spacial score (nSPS) is 12.4. The van der Waals surface area contributed by atoms with Gasteiger partial charge in [0.2, 0.25) is 15.9 Å². The lowest BCUT2D eigenvalue weighted by Gasteiger charge is -2.14. The van der Waals surface area contributed by atoms with Crippen LogP contribution >= 0.6 is 0 Å². The number of sulfonamides is 2. The smallest absolute Gasteiger partial charge is 0.433 e. The van der Waals surface area contributed by atoms with E-state index < -0.39 is 71.8 Å². The number of benzene rings is 1. The Morgan fingerprint density at radius 3 is 2.36 bits per heavy atom. The number of rotatable bonds is 8. The zero-order valence-corrected chi connectivity index (χ0v) is 20.3. The van der Waals surface area contributed by atoms with Crippen LogP contribution in [-0.2, 0) is 31.0 Å². The molecule has 1 amide bonds. The lowest BCUT2D eigenvalue weighted by molar-refractivity contribution is -0.141. The molecular weight excluding hydrogens is 532 g/mol. The third kappa shape index (κ3) is 7.65. The van der Waals surface area contributed by atoms with E-state index in [1.54, 1.807) is 9.44 Å². The molecule has 2 rings (SSSR count). The molecule has 0 saturated carbocycles. The number of anilines is 1. The number of alkyl halides is 3. The molecule has 1 aromatic carbocycles. The number of pyridine rings is 1. The third-order valence-electron chi connectivity index (χ3n) is 3.96. The highest BCUT2D eigenvalue weighted by molar-refractivity contribution is 7.92. The summed E-state index contributed by atoms with van der Waals surface area (Å²) in [7, 11) is -8.75. The average Bonchev–Trinajstić information content (AvgIpc) is 2.71. The van der Waals surface area contributed by atoms with E-state index in [4.69, 9.17) is 10.00 Å². The number of carbonyl (C=O) groups is 1. The zero-order valence-electron chi connectivity index (χ0n) is 18.7. The maximum absolute atomic E-state index is 14.4. The number of halogens is 4. The summed E-state index contributed by atoms with van der Waals surface area (Å²) in [5.74, 6) is -3.13. The molecule has 2 N–H and O–H groups in total. The van der Waals surface area contributed by atoms with Crippen molar-refractivity contribution < 1.29 is 43.9 Å². The molecule has 0 fully saturated rings. The van der Waals surface area contributed by atoms with Crippen LogP contribution in [-0.4, -0.2) is 40.1 Å². The summed E-state index contributed by atoms with van der Waals surface area (Å²) in [6, 6.07) is 4.09. The zero-order chi connectivity index (χ0) is 27.5. The third-order valence-corrected chi connectivity index (χ3v) is 5.86. The fraction of sp³-hybridized carbons (Fsp3) is 0.250. The average molecular weight is 551 g/mol. The SMILES string of the molecule is CC(C)Oc1nc(C(F)(F)F)ccc1C=CC(=O)NS(=O)(=O)c1cc(F)c(NS(C)(=O)=O)c(C#N)c1. The summed E-state index contributed by atoms with van der Waals surface area (Å²) in [4.78, 5) is 14.7. The predicted molar refractivity (Wildman–Crippen MR) is 119 cm³/mol. The lowest BCUT2D eigenvalue weighted by atomic mass is 10.2. The highest BCUT2D eigenvalue weighted by atomic mass is 32.2. The highest BCUT2D eigenvalue weighted by Gasteiger charge is 2.33. The highest BCUT2D eigenvalue weighted by Crippen LogP contribution is 2.31. The van der Waals surface area contributed by atoms with Crippen molar-refractivity contribution in [2.24, 2.45) is 0 Å². The van der Waals surface area contributed by atoms with Crippen molar-refractivity contribution in [2.75, 3.05) is 11.0 Å². The molecule has 2 aromatic rings. The van der Waals surface area contributed by atoms with Crippen molar-refractivity contribution in [1.82, 2.24) is 9.71 Å². The first-order valence-electron chi connectivity index (χ1n) is 9.64. The van der Waals surface area contributed by atoms with E-state index in [-0.39, 0.29) is 5.56 Å². The first-order chi connectivity index (χ1) is 16.4. The van der Waals surface area contributed by atoms with Gasteiger partial charge in [-0.2, -0.15) is 18.4 Å². The Morgan fingerprint density at radius 1 is 1.19 bits per heavy atom. The van der Waals surface area contributed by atoms with E-state index in [0.717, 1.165) is 12.1 Å². The van der Waals surface area contributed by atoms with Crippen LogP contribution < -0.4 is 14.2 Å². The van der Waals surface area contributed by atoms with E-state index in [2.05, 4.69) is 4.98 Å². The number of nitrogens with one attached hydrogen (secondary N) is 2. The molecule has 16 heteroatoms.